The summed E-state index contributed by atoms with van der Waals surface area (Å²) in [4.78, 5) is 0. The highest BCUT2D eigenvalue weighted by atomic mass is 35.5. The van der Waals surface area contributed by atoms with E-state index in [1.807, 2.05) is 0 Å². The summed E-state index contributed by atoms with van der Waals surface area (Å²) in [5.41, 5.74) is -0.672. The minimum atomic E-state index is -4.54. The predicted octanol–water partition coefficient (Wildman–Crippen LogP) is 5.76. The van der Waals surface area contributed by atoms with Crippen LogP contribution in [0.1, 0.15) is 11.1 Å². The molecule has 2 aromatic rings. The van der Waals surface area contributed by atoms with Crippen LogP contribution in [0, 0.1) is 5.82 Å². The van der Waals surface area contributed by atoms with Gasteiger partial charge in [-0.15, -0.1) is 0 Å². The van der Waals surface area contributed by atoms with Crippen LogP contribution < -0.4 is 5.32 Å². The molecule has 1 nitrogen and oxygen atoms in total. The number of hydrogen-bond donors (Lipinski definition) is 1. The summed E-state index contributed by atoms with van der Waals surface area (Å²) in [6.07, 6.45) is -4.54. The maximum Gasteiger partial charge on any atom is 0.418 e. The first kappa shape index (κ1) is 15.9. The number of hydrogen-bond acceptors (Lipinski definition) is 1. The predicted molar refractivity (Wildman–Crippen MR) is 75.2 cm³/mol. The maximum absolute atomic E-state index is 13.3. The number of nitrogens with one attached hydrogen (secondary N) is 1. The first-order valence-corrected chi connectivity index (χ1v) is 6.58. The molecule has 0 spiro atoms. The Bertz CT molecular complexity index is 656. The Balaban J connectivity index is 2.26. The number of alkyl halides is 3. The van der Waals surface area contributed by atoms with Crippen molar-refractivity contribution < 1.29 is 17.6 Å². The van der Waals surface area contributed by atoms with Gasteiger partial charge >= 0.3 is 6.18 Å². The smallest absolute Gasteiger partial charge is 0.380 e. The minimum Gasteiger partial charge on any atom is -0.380 e. The molecule has 0 amide bonds. The third-order valence-corrected chi connectivity index (χ3v) is 3.45. The topological polar surface area (TPSA) is 12.0 Å². The van der Waals surface area contributed by atoms with Crippen molar-refractivity contribution in [2.24, 2.45) is 0 Å². The van der Waals surface area contributed by atoms with Crippen LogP contribution >= 0.6 is 23.2 Å². The van der Waals surface area contributed by atoms with Gasteiger partial charge in [0, 0.05) is 17.3 Å². The lowest BCUT2D eigenvalue weighted by Crippen LogP contribution is -2.11. The van der Waals surface area contributed by atoms with Crippen molar-refractivity contribution in [3.63, 3.8) is 0 Å². The second kappa shape index (κ2) is 6.12. The Morgan fingerprint density at radius 2 is 1.76 bits per heavy atom. The molecular formula is C14H9Cl2F4N. The van der Waals surface area contributed by atoms with Gasteiger partial charge in [-0.1, -0.05) is 35.3 Å². The molecule has 0 aromatic heterocycles. The summed E-state index contributed by atoms with van der Waals surface area (Å²) >= 11 is 11.3. The van der Waals surface area contributed by atoms with Crippen molar-refractivity contribution in [2.45, 2.75) is 12.7 Å². The molecule has 0 aliphatic rings. The van der Waals surface area contributed by atoms with Gasteiger partial charge in [-0.25, -0.2) is 4.39 Å². The number of benzene rings is 2. The van der Waals surface area contributed by atoms with Crippen LogP contribution in [0.25, 0.3) is 0 Å². The molecule has 0 saturated heterocycles. The van der Waals surface area contributed by atoms with Crippen LogP contribution in [0.2, 0.25) is 10.0 Å². The van der Waals surface area contributed by atoms with E-state index in [0.29, 0.717) is 5.56 Å². The van der Waals surface area contributed by atoms with E-state index in [1.54, 1.807) is 0 Å². The highest BCUT2D eigenvalue weighted by Gasteiger charge is 2.33. The molecular weight excluding hydrogens is 329 g/mol. The summed E-state index contributed by atoms with van der Waals surface area (Å²) in [7, 11) is 0. The first-order chi connectivity index (χ1) is 9.79. The average molecular weight is 338 g/mol. The molecule has 0 saturated carbocycles. The number of rotatable bonds is 3. The van der Waals surface area contributed by atoms with Crippen molar-refractivity contribution in [3.05, 3.63) is 63.4 Å². The van der Waals surface area contributed by atoms with Gasteiger partial charge in [0.25, 0.3) is 0 Å². The normalized spacial score (nSPS) is 11.5. The number of halogens is 6. The Morgan fingerprint density at radius 1 is 1.05 bits per heavy atom. The second-order valence-electron chi connectivity index (χ2n) is 4.25. The van der Waals surface area contributed by atoms with E-state index in [4.69, 9.17) is 23.2 Å². The van der Waals surface area contributed by atoms with Crippen molar-refractivity contribution >= 4 is 28.9 Å². The van der Waals surface area contributed by atoms with Gasteiger partial charge in [0.1, 0.15) is 5.82 Å². The Labute approximate surface area is 128 Å². The van der Waals surface area contributed by atoms with Gasteiger partial charge < -0.3 is 5.32 Å². The minimum absolute atomic E-state index is 0.0170. The Kier molecular flexibility index (Phi) is 4.64. The molecule has 2 aromatic carbocycles. The van der Waals surface area contributed by atoms with E-state index in [2.05, 4.69) is 5.32 Å². The first-order valence-electron chi connectivity index (χ1n) is 5.82. The van der Waals surface area contributed by atoms with Gasteiger partial charge in [-0.2, -0.15) is 13.2 Å². The van der Waals surface area contributed by atoms with E-state index in [-0.39, 0.29) is 22.3 Å². The van der Waals surface area contributed by atoms with Crippen LogP contribution in [0.5, 0.6) is 0 Å². The summed E-state index contributed by atoms with van der Waals surface area (Å²) < 4.78 is 52.0. The lowest BCUT2D eigenvalue weighted by Gasteiger charge is -2.15. The summed E-state index contributed by atoms with van der Waals surface area (Å²) in [5.74, 6) is -0.622. The van der Waals surface area contributed by atoms with Gasteiger partial charge in [0.15, 0.2) is 0 Å². The maximum atomic E-state index is 13.3. The van der Waals surface area contributed by atoms with Crippen molar-refractivity contribution in [1.82, 2.24) is 0 Å². The molecule has 1 N–H and O–H groups in total. The molecule has 7 heteroatoms. The summed E-state index contributed by atoms with van der Waals surface area (Å²) in [6, 6.07) is 7.53. The van der Waals surface area contributed by atoms with Gasteiger partial charge in [-0.05, 0) is 29.8 Å². The molecule has 0 bridgehead atoms. The SMILES string of the molecule is Fc1cccc(CNc2ccc(Cl)cc2C(F)(F)F)c1Cl. The third kappa shape index (κ3) is 3.80. The lowest BCUT2D eigenvalue weighted by molar-refractivity contribution is -0.136. The van der Waals surface area contributed by atoms with Crippen LogP contribution in [0.4, 0.5) is 23.2 Å². The van der Waals surface area contributed by atoms with E-state index in [0.717, 1.165) is 6.07 Å². The molecule has 2 rings (SSSR count). The van der Waals surface area contributed by atoms with E-state index >= 15 is 0 Å². The third-order valence-electron chi connectivity index (χ3n) is 2.79. The largest absolute Gasteiger partial charge is 0.418 e. The molecule has 0 heterocycles. The number of anilines is 1. The van der Waals surface area contributed by atoms with Gasteiger partial charge in [0.05, 0.1) is 10.6 Å². The molecule has 112 valence electrons. The Morgan fingerprint density at radius 3 is 2.43 bits per heavy atom. The zero-order valence-corrected chi connectivity index (χ0v) is 12.0. The van der Waals surface area contributed by atoms with E-state index < -0.39 is 17.6 Å². The highest BCUT2D eigenvalue weighted by molar-refractivity contribution is 6.31. The van der Waals surface area contributed by atoms with E-state index in [1.165, 1.54) is 30.3 Å². The van der Waals surface area contributed by atoms with E-state index in [9.17, 15) is 17.6 Å². The molecule has 0 unspecified atom stereocenters. The van der Waals surface area contributed by atoms with Crippen LogP contribution in [-0.4, -0.2) is 0 Å². The zero-order chi connectivity index (χ0) is 15.6. The van der Waals surface area contributed by atoms with Crippen LogP contribution in [0.15, 0.2) is 36.4 Å². The average Bonchev–Trinajstić information content (AvgIpc) is 2.40. The van der Waals surface area contributed by atoms with Crippen molar-refractivity contribution in [1.29, 1.82) is 0 Å². The van der Waals surface area contributed by atoms with Crippen molar-refractivity contribution in [3.8, 4) is 0 Å². The fourth-order valence-corrected chi connectivity index (χ4v) is 2.15. The molecule has 0 fully saturated rings. The van der Waals surface area contributed by atoms with Gasteiger partial charge in [0.2, 0.25) is 0 Å². The summed E-state index contributed by atoms with van der Waals surface area (Å²) in [5, 5.41) is 2.47. The highest BCUT2D eigenvalue weighted by Crippen LogP contribution is 2.36. The standard InChI is InChI=1S/C14H9Cl2F4N/c15-9-4-5-12(10(6-9)14(18,19)20)21-7-8-2-1-3-11(17)13(8)16/h1-6,21H,7H2. The van der Waals surface area contributed by atoms with Crippen LogP contribution in [-0.2, 0) is 12.7 Å². The van der Waals surface area contributed by atoms with Crippen molar-refractivity contribution in [2.75, 3.05) is 5.32 Å². The molecule has 0 atom stereocenters. The zero-order valence-electron chi connectivity index (χ0n) is 10.4. The molecule has 0 aliphatic carbocycles. The van der Waals surface area contributed by atoms with Gasteiger partial charge in [-0.3, -0.25) is 0 Å². The second-order valence-corrected chi connectivity index (χ2v) is 5.07. The van der Waals surface area contributed by atoms with Crippen LogP contribution in [0.3, 0.4) is 0 Å². The fraction of sp³-hybridized carbons (Fsp3) is 0.143. The molecule has 0 radical (unpaired) electrons. The molecule has 0 aliphatic heterocycles. The Hall–Kier alpha value is -1.46. The molecule has 21 heavy (non-hydrogen) atoms. The fourth-order valence-electron chi connectivity index (χ4n) is 1.78. The lowest BCUT2D eigenvalue weighted by atomic mass is 10.1. The quantitative estimate of drug-likeness (QED) is 0.701. The monoisotopic (exact) mass is 337 g/mol. The summed E-state index contributed by atoms with van der Waals surface area (Å²) in [6.45, 7) is -0.0404.